The van der Waals surface area contributed by atoms with Gasteiger partial charge in [-0.05, 0) is 19.1 Å². The number of carboxylic acid groups (broad SMARTS) is 1. The summed E-state index contributed by atoms with van der Waals surface area (Å²) in [6.45, 7) is 1.62. The fourth-order valence-corrected chi connectivity index (χ4v) is 1.32. The standard InChI is InChI=1S/C11H9N3O4/c1-6-9(18-5-13-6)10(15)14-8-4-7(11(16)17)2-3-12-8/h2-5H,1H3,(H,16,17)(H,12,14,15). The number of aromatic nitrogens is 2. The number of hydrogen-bond donors (Lipinski definition) is 2. The molecule has 2 heterocycles. The lowest BCUT2D eigenvalue weighted by atomic mass is 10.2. The smallest absolute Gasteiger partial charge is 0.335 e. The molecule has 1 amide bonds. The summed E-state index contributed by atoms with van der Waals surface area (Å²) in [7, 11) is 0. The van der Waals surface area contributed by atoms with Gasteiger partial charge in [-0.25, -0.2) is 14.8 Å². The molecule has 2 rings (SSSR count). The summed E-state index contributed by atoms with van der Waals surface area (Å²) in [6.07, 6.45) is 2.46. The Morgan fingerprint density at radius 1 is 1.39 bits per heavy atom. The number of carbonyl (C=O) groups excluding carboxylic acids is 1. The molecule has 0 aromatic carbocycles. The zero-order valence-corrected chi connectivity index (χ0v) is 9.38. The molecule has 7 heteroatoms. The van der Waals surface area contributed by atoms with Gasteiger partial charge in [-0.3, -0.25) is 4.79 Å². The molecule has 92 valence electrons. The molecule has 0 unspecified atom stereocenters. The van der Waals surface area contributed by atoms with Crippen molar-refractivity contribution in [3.05, 3.63) is 41.7 Å². The molecular weight excluding hydrogens is 238 g/mol. The van der Waals surface area contributed by atoms with Crippen molar-refractivity contribution >= 4 is 17.7 Å². The fourth-order valence-electron chi connectivity index (χ4n) is 1.32. The van der Waals surface area contributed by atoms with Crippen molar-refractivity contribution in [1.29, 1.82) is 0 Å². The molecular formula is C11H9N3O4. The topological polar surface area (TPSA) is 105 Å². The second-order valence-corrected chi connectivity index (χ2v) is 3.46. The van der Waals surface area contributed by atoms with Crippen LogP contribution in [0.3, 0.4) is 0 Å². The Balaban J connectivity index is 2.20. The molecule has 0 spiro atoms. The van der Waals surface area contributed by atoms with E-state index in [1.54, 1.807) is 6.92 Å². The molecule has 7 nitrogen and oxygen atoms in total. The Morgan fingerprint density at radius 2 is 2.17 bits per heavy atom. The van der Waals surface area contributed by atoms with E-state index in [0.29, 0.717) is 5.69 Å². The second kappa shape index (κ2) is 4.66. The third kappa shape index (κ3) is 2.34. The van der Waals surface area contributed by atoms with E-state index in [2.05, 4.69) is 15.3 Å². The molecule has 2 aromatic heterocycles. The number of pyridine rings is 1. The van der Waals surface area contributed by atoms with Crippen LogP contribution in [-0.4, -0.2) is 27.0 Å². The molecule has 2 N–H and O–H groups in total. The third-order valence-corrected chi connectivity index (χ3v) is 2.20. The van der Waals surface area contributed by atoms with Gasteiger partial charge in [0.2, 0.25) is 5.76 Å². The number of nitrogens with one attached hydrogen (secondary N) is 1. The van der Waals surface area contributed by atoms with Crippen LogP contribution in [0.5, 0.6) is 0 Å². The highest BCUT2D eigenvalue weighted by atomic mass is 16.4. The zero-order valence-electron chi connectivity index (χ0n) is 9.38. The van der Waals surface area contributed by atoms with Crippen LogP contribution in [-0.2, 0) is 0 Å². The van der Waals surface area contributed by atoms with E-state index < -0.39 is 11.9 Å². The molecule has 0 aliphatic heterocycles. The van der Waals surface area contributed by atoms with Gasteiger partial charge < -0.3 is 14.8 Å². The van der Waals surface area contributed by atoms with Gasteiger partial charge in [-0.15, -0.1) is 0 Å². The number of nitrogens with zero attached hydrogens (tertiary/aromatic N) is 2. The Morgan fingerprint density at radius 3 is 2.78 bits per heavy atom. The maximum atomic E-state index is 11.7. The number of oxazole rings is 1. The summed E-state index contributed by atoms with van der Waals surface area (Å²) in [5.74, 6) is -1.42. The molecule has 0 atom stereocenters. The maximum absolute atomic E-state index is 11.7. The summed E-state index contributed by atoms with van der Waals surface area (Å²) >= 11 is 0. The molecule has 0 saturated carbocycles. The Bertz CT molecular complexity index is 606. The minimum atomic E-state index is -1.09. The summed E-state index contributed by atoms with van der Waals surface area (Å²) in [5.41, 5.74) is 0.483. The average Bonchev–Trinajstić information content (AvgIpc) is 2.76. The van der Waals surface area contributed by atoms with Crippen molar-refractivity contribution < 1.29 is 19.1 Å². The van der Waals surface area contributed by atoms with Gasteiger partial charge in [0, 0.05) is 6.20 Å². The fraction of sp³-hybridized carbons (Fsp3) is 0.0909. The second-order valence-electron chi connectivity index (χ2n) is 3.46. The summed E-state index contributed by atoms with van der Waals surface area (Å²) in [6, 6.07) is 2.59. The Labute approximate surface area is 101 Å². The number of carboxylic acids is 1. The number of anilines is 1. The van der Waals surface area contributed by atoms with Crippen molar-refractivity contribution in [3.63, 3.8) is 0 Å². The normalized spacial score (nSPS) is 10.1. The van der Waals surface area contributed by atoms with Gasteiger partial charge >= 0.3 is 5.97 Å². The minimum Gasteiger partial charge on any atom is -0.478 e. The van der Waals surface area contributed by atoms with Crippen molar-refractivity contribution in [1.82, 2.24) is 9.97 Å². The van der Waals surface area contributed by atoms with Crippen LogP contribution < -0.4 is 5.32 Å². The van der Waals surface area contributed by atoms with E-state index in [-0.39, 0.29) is 17.1 Å². The van der Waals surface area contributed by atoms with Crippen LogP contribution in [0.25, 0.3) is 0 Å². The highest BCUT2D eigenvalue weighted by Gasteiger charge is 2.15. The molecule has 0 fully saturated rings. The molecule has 2 aromatic rings. The van der Waals surface area contributed by atoms with E-state index in [4.69, 9.17) is 9.52 Å². The largest absolute Gasteiger partial charge is 0.478 e. The first kappa shape index (κ1) is 11.8. The van der Waals surface area contributed by atoms with Crippen LogP contribution in [0.4, 0.5) is 5.82 Å². The van der Waals surface area contributed by atoms with Crippen LogP contribution in [0.1, 0.15) is 26.6 Å². The molecule has 0 radical (unpaired) electrons. The first-order valence-corrected chi connectivity index (χ1v) is 4.98. The summed E-state index contributed by atoms with van der Waals surface area (Å²) < 4.78 is 4.91. The minimum absolute atomic E-state index is 0.0367. The maximum Gasteiger partial charge on any atom is 0.335 e. The highest BCUT2D eigenvalue weighted by Crippen LogP contribution is 2.11. The van der Waals surface area contributed by atoms with Crippen molar-refractivity contribution in [2.75, 3.05) is 5.32 Å². The highest BCUT2D eigenvalue weighted by molar-refractivity contribution is 6.02. The number of aryl methyl sites for hydroxylation is 1. The lowest BCUT2D eigenvalue weighted by Gasteiger charge is -2.03. The predicted octanol–water partition coefficient (Wildman–Crippen LogP) is 1.33. The van der Waals surface area contributed by atoms with E-state index in [0.717, 1.165) is 6.39 Å². The van der Waals surface area contributed by atoms with Crippen LogP contribution >= 0.6 is 0 Å². The number of hydrogen-bond acceptors (Lipinski definition) is 5. The number of rotatable bonds is 3. The molecule has 0 bridgehead atoms. The van der Waals surface area contributed by atoms with Gasteiger partial charge in [0.1, 0.15) is 5.82 Å². The van der Waals surface area contributed by atoms with Crippen LogP contribution in [0.15, 0.2) is 29.1 Å². The van der Waals surface area contributed by atoms with Gasteiger partial charge in [-0.2, -0.15) is 0 Å². The Kier molecular flexibility index (Phi) is 3.05. The van der Waals surface area contributed by atoms with Crippen molar-refractivity contribution in [2.45, 2.75) is 6.92 Å². The van der Waals surface area contributed by atoms with Gasteiger partial charge in [0.05, 0.1) is 11.3 Å². The summed E-state index contributed by atoms with van der Waals surface area (Å²) in [4.78, 5) is 30.1. The lowest BCUT2D eigenvalue weighted by molar-refractivity contribution is 0.0696. The quantitative estimate of drug-likeness (QED) is 0.847. The number of carbonyl (C=O) groups is 2. The van der Waals surface area contributed by atoms with E-state index in [9.17, 15) is 9.59 Å². The molecule has 0 aliphatic carbocycles. The average molecular weight is 247 g/mol. The lowest BCUT2D eigenvalue weighted by Crippen LogP contribution is -2.14. The van der Waals surface area contributed by atoms with Gasteiger partial charge in [0.25, 0.3) is 5.91 Å². The van der Waals surface area contributed by atoms with Crippen molar-refractivity contribution in [3.8, 4) is 0 Å². The SMILES string of the molecule is Cc1ncoc1C(=O)Nc1cc(C(=O)O)ccn1. The first-order chi connectivity index (χ1) is 8.58. The van der Waals surface area contributed by atoms with E-state index in [1.807, 2.05) is 0 Å². The van der Waals surface area contributed by atoms with Crippen molar-refractivity contribution in [2.24, 2.45) is 0 Å². The molecule has 0 aliphatic rings. The zero-order chi connectivity index (χ0) is 13.1. The van der Waals surface area contributed by atoms with Gasteiger partial charge in [-0.1, -0.05) is 0 Å². The van der Waals surface area contributed by atoms with Gasteiger partial charge in [0.15, 0.2) is 6.39 Å². The first-order valence-electron chi connectivity index (χ1n) is 4.98. The molecule has 0 saturated heterocycles. The van der Waals surface area contributed by atoms with E-state index >= 15 is 0 Å². The number of amides is 1. The number of aromatic carboxylic acids is 1. The van der Waals surface area contributed by atoms with Crippen LogP contribution in [0, 0.1) is 6.92 Å². The van der Waals surface area contributed by atoms with Crippen LogP contribution in [0.2, 0.25) is 0 Å². The van der Waals surface area contributed by atoms with E-state index in [1.165, 1.54) is 18.3 Å². The third-order valence-electron chi connectivity index (χ3n) is 2.20. The monoisotopic (exact) mass is 247 g/mol. The molecule has 18 heavy (non-hydrogen) atoms. The summed E-state index contributed by atoms with van der Waals surface area (Å²) in [5, 5.41) is 11.2. The Hall–Kier alpha value is -2.70. The predicted molar refractivity (Wildman–Crippen MR) is 60.4 cm³/mol.